The van der Waals surface area contributed by atoms with Gasteiger partial charge in [0.1, 0.15) is 11.2 Å². The minimum absolute atomic E-state index is 0.584. The number of hydrogen-bond donors (Lipinski definition) is 0. The van der Waals surface area contributed by atoms with Gasteiger partial charge >= 0.3 is 0 Å². The molecule has 350 valence electrons. The molecule has 0 aliphatic rings. The summed E-state index contributed by atoms with van der Waals surface area (Å²) in [4.78, 5) is 15.8. The van der Waals surface area contributed by atoms with Gasteiger partial charge in [0, 0.05) is 54.7 Å². The van der Waals surface area contributed by atoms with E-state index in [1.807, 2.05) is 36.4 Å². The summed E-state index contributed by atoms with van der Waals surface area (Å²) in [5, 5.41) is 6.70. The summed E-state index contributed by atoms with van der Waals surface area (Å²) < 4.78 is 11.1. The molecular weight excluding hydrogens is 915 g/mol. The van der Waals surface area contributed by atoms with E-state index in [4.69, 9.17) is 19.4 Å². The van der Waals surface area contributed by atoms with Gasteiger partial charge < -0.3 is 13.6 Å². The van der Waals surface area contributed by atoms with Crippen molar-refractivity contribution in [2.45, 2.75) is 0 Å². The summed E-state index contributed by atoms with van der Waals surface area (Å²) in [7, 11) is 0. The second-order valence-electron chi connectivity index (χ2n) is 19.2. The fourth-order valence-electron chi connectivity index (χ4n) is 11.2. The Balaban J connectivity index is 0.890. The topological polar surface area (TPSA) is 61.7 Å². The lowest BCUT2D eigenvalue weighted by Gasteiger charge is -2.15. The Morgan fingerprint density at radius 3 is 1.37 bits per heavy atom. The molecule has 4 aromatic heterocycles. The van der Waals surface area contributed by atoms with Gasteiger partial charge in [0.05, 0.1) is 27.8 Å². The molecule has 0 radical (unpaired) electrons. The highest BCUT2D eigenvalue weighted by Gasteiger charge is 2.22. The number of benzene rings is 11. The largest absolute Gasteiger partial charge is 0.456 e. The lowest BCUT2D eigenvalue weighted by Crippen LogP contribution is -2.01. The van der Waals surface area contributed by atoms with Gasteiger partial charge in [0.25, 0.3) is 0 Å². The van der Waals surface area contributed by atoms with E-state index in [2.05, 4.69) is 234 Å². The van der Waals surface area contributed by atoms with E-state index < -0.39 is 0 Å². The molecule has 0 N–H and O–H groups in total. The number of para-hydroxylation sites is 4. The van der Waals surface area contributed by atoms with Crippen LogP contribution < -0.4 is 0 Å². The Bertz CT molecular complexity index is 4680. The molecule has 75 heavy (non-hydrogen) atoms. The number of hydrogen-bond acceptors (Lipinski definition) is 4. The fraction of sp³-hybridized carbons (Fsp3) is 0. The third-order valence-electron chi connectivity index (χ3n) is 14.8. The van der Waals surface area contributed by atoms with Gasteiger partial charge in [0.2, 0.25) is 0 Å². The Kier molecular flexibility index (Phi) is 9.78. The van der Waals surface area contributed by atoms with Crippen LogP contribution in [0.5, 0.6) is 0 Å². The lowest BCUT2D eigenvalue weighted by atomic mass is 9.99. The van der Waals surface area contributed by atoms with E-state index in [0.717, 1.165) is 94.0 Å². The molecule has 0 unspecified atom stereocenters. The van der Waals surface area contributed by atoms with Crippen LogP contribution in [0, 0.1) is 0 Å². The van der Waals surface area contributed by atoms with Crippen molar-refractivity contribution in [1.29, 1.82) is 0 Å². The molecule has 11 aromatic carbocycles. The van der Waals surface area contributed by atoms with Crippen molar-refractivity contribution in [3.63, 3.8) is 0 Å². The van der Waals surface area contributed by atoms with Crippen LogP contribution in [-0.2, 0) is 0 Å². The zero-order valence-electron chi connectivity index (χ0n) is 40.5. The molecule has 0 saturated heterocycles. The number of nitrogens with zero attached hydrogens (tertiary/aromatic N) is 5. The molecule has 15 rings (SSSR count). The molecule has 4 heterocycles. The smallest absolute Gasteiger partial charge is 0.164 e. The van der Waals surface area contributed by atoms with Crippen molar-refractivity contribution >= 4 is 65.6 Å². The second-order valence-corrected chi connectivity index (χ2v) is 19.2. The third kappa shape index (κ3) is 7.14. The molecule has 0 aliphatic heterocycles. The minimum Gasteiger partial charge on any atom is -0.456 e. The zero-order valence-corrected chi connectivity index (χ0v) is 40.5. The van der Waals surface area contributed by atoms with E-state index in [-0.39, 0.29) is 0 Å². The Morgan fingerprint density at radius 2 is 0.693 bits per heavy atom. The van der Waals surface area contributed by atoms with E-state index in [1.165, 1.54) is 33.0 Å². The number of aromatic nitrogens is 5. The van der Waals surface area contributed by atoms with Gasteiger partial charge in [0.15, 0.2) is 17.5 Å². The maximum absolute atomic E-state index is 6.25. The molecule has 0 amide bonds. The van der Waals surface area contributed by atoms with Gasteiger partial charge in [-0.15, -0.1) is 0 Å². The highest BCUT2D eigenvalue weighted by molar-refractivity contribution is 6.15. The van der Waals surface area contributed by atoms with Crippen LogP contribution in [0.3, 0.4) is 0 Å². The quantitative estimate of drug-likeness (QED) is 0.152. The van der Waals surface area contributed by atoms with Crippen molar-refractivity contribution < 1.29 is 4.42 Å². The van der Waals surface area contributed by atoms with Crippen molar-refractivity contribution in [2.24, 2.45) is 0 Å². The van der Waals surface area contributed by atoms with Gasteiger partial charge in [-0.25, -0.2) is 15.0 Å². The average Bonchev–Trinajstić information content (AvgIpc) is 4.22. The SMILES string of the molecule is c1ccc(-c2ccc(-c3ccc(-c4nc(-c5ccc6oc7ccccc7c6c5)nc(-c5ccc6c(c5)c5ccccc5n6-c5cccc6c7ccccc7n(-c7cccc(-c8ccccc8)c7)c56)n4)cc3)cc2)cc1. The van der Waals surface area contributed by atoms with Crippen LogP contribution >= 0.6 is 0 Å². The van der Waals surface area contributed by atoms with Crippen molar-refractivity contribution in [3.05, 3.63) is 261 Å². The number of fused-ring (bicyclic) bond motifs is 9. The van der Waals surface area contributed by atoms with Gasteiger partial charge in [-0.2, -0.15) is 0 Å². The molecular formula is C69H43N5O. The predicted molar refractivity (Wildman–Crippen MR) is 308 cm³/mol. The molecule has 0 atom stereocenters. The average molecular weight is 958 g/mol. The summed E-state index contributed by atoms with van der Waals surface area (Å²) in [6, 6.07) is 92.4. The Morgan fingerprint density at radius 1 is 0.253 bits per heavy atom. The standard InChI is InChI=1S/C69H43N5O/c1-3-15-44(16-4-1)46-29-31-47(32-30-46)48-33-35-49(36-34-48)67-70-68(72-69(71-67)52-38-40-65-59(43-52)56-23-9-12-28-64(56)75-65)51-37-39-62-58(42-51)55-22-8-11-26-61(55)74(62)63-27-14-24-57-54-21-7-10-25-60(54)73(66(57)63)53-20-13-19-50(41-53)45-17-5-2-6-18-45/h1-43H. The first kappa shape index (κ1) is 42.5. The molecule has 6 nitrogen and oxygen atoms in total. The minimum atomic E-state index is 0.584. The van der Waals surface area contributed by atoms with Gasteiger partial charge in [-0.05, 0) is 106 Å². The maximum atomic E-state index is 6.25. The monoisotopic (exact) mass is 957 g/mol. The molecule has 0 bridgehead atoms. The van der Waals surface area contributed by atoms with Crippen LogP contribution in [-0.4, -0.2) is 24.1 Å². The highest BCUT2D eigenvalue weighted by Crippen LogP contribution is 2.42. The summed E-state index contributed by atoms with van der Waals surface area (Å²) in [6.07, 6.45) is 0. The van der Waals surface area contributed by atoms with Crippen LogP contribution in [0.4, 0.5) is 0 Å². The van der Waals surface area contributed by atoms with E-state index >= 15 is 0 Å². The Hall–Kier alpha value is -10.2. The molecule has 6 heteroatoms. The second kappa shape index (κ2) is 17.3. The van der Waals surface area contributed by atoms with Crippen LogP contribution in [0.25, 0.3) is 144 Å². The number of furan rings is 1. The molecule has 0 aliphatic carbocycles. The van der Waals surface area contributed by atoms with Gasteiger partial charge in [-0.3, -0.25) is 0 Å². The molecule has 15 aromatic rings. The van der Waals surface area contributed by atoms with E-state index in [1.54, 1.807) is 0 Å². The Labute approximate surface area is 431 Å². The summed E-state index contributed by atoms with van der Waals surface area (Å²) >= 11 is 0. The van der Waals surface area contributed by atoms with Crippen LogP contribution in [0.2, 0.25) is 0 Å². The van der Waals surface area contributed by atoms with E-state index in [0.29, 0.717) is 17.5 Å². The first-order valence-corrected chi connectivity index (χ1v) is 25.3. The first-order valence-electron chi connectivity index (χ1n) is 25.3. The molecule has 0 spiro atoms. The maximum Gasteiger partial charge on any atom is 0.164 e. The van der Waals surface area contributed by atoms with Crippen LogP contribution in [0.15, 0.2) is 265 Å². The molecule has 0 saturated carbocycles. The highest BCUT2D eigenvalue weighted by atomic mass is 16.3. The molecule has 0 fully saturated rings. The summed E-state index contributed by atoms with van der Waals surface area (Å²) in [5.74, 6) is 1.77. The van der Waals surface area contributed by atoms with Gasteiger partial charge in [-0.1, -0.05) is 188 Å². The normalized spacial score (nSPS) is 11.7. The van der Waals surface area contributed by atoms with Crippen molar-refractivity contribution in [3.8, 4) is 78.9 Å². The van der Waals surface area contributed by atoms with Crippen LogP contribution in [0.1, 0.15) is 0 Å². The summed E-state index contributed by atoms with van der Waals surface area (Å²) in [5.41, 5.74) is 18.0. The van der Waals surface area contributed by atoms with Crippen molar-refractivity contribution in [2.75, 3.05) is 0 Å². The first-order chi connectivity index (χ1) is 37.2. The fourth-order valence-corrected chi connectivity index (χ4v) is 11.2. The lowest BCUT2D eigenvalue weighted by molar-refractivity contribution is 0.669. The third-order valence-corrected chi connectivity index (χ3v) is 14.8. The zero-order chi connectivity index (χ0) is 49.4. The number of rotatable bonds is 8. The van der Waals surface area contributed by atoms with Crippen molar-refractivity contribution in [1.82, 2.24) is 24.1 Å². The predicted octanol–water partition coefficient (Wildman–Crippen LogP) is 18.0. The van der Waals surface area contributed by atoms with E-state index in [9.17, 15) is 0 Å². The summed E-state index contributed by atoms with van der Waals surface area (Å²) in [6.45, 7) is 0.